The predicted molar refractivity (Wildman–Crippen MR) is 97.2 cm³/mol. The van der Waals surface area contributed by atoms with E-state index in [0.29, 0.717) is 33.2 Å². The van der Waals surface area contributed by atoms with Crippen LogP contribution in [0, 0.1) is 0 Å². The van der Waals surface area contributed by atoms with Gasteiger partial charge in [0.25, 0.3) is 0 Å². The monoisotopic (exact) mass is 384 g/mol. The Morgan fingerprint density at radius 2 is 1.83 bits per heavy atom. The number of imidazole rings is 1. The molecule has 2 aromatic carbocycles. The molecular weight excluding hydrogens is 371 g/mol. The third kappa shape index (κ3) is 3.78. The van der Waals surface area contributed by atoms with Crippen LogP contribution in [0.15, 0.2) is 36.4 Å². The fraction of sp³-hybridized carbons (Fsp3) is 0.235. The van der Waals surface area contributed by atoms with Crippen molar-refractivity contribution in [1.29, 1.82) is 0 Å². The normalized spacial score (nSPS) is 12.5. The Hall–Kier alpha value is -1.46. The van der Waals surface area contributed by atoms with Crippen LogP contribution in [0.25, 0.3) is 11.0 Å². The summed E-state index contributed by atoms with van der Waals surface area (Å²) in [6.45, 7) is 2.32. The zero-order chi connectivity index (χ0) is 17.3. The Balaban J connectivity index is 1.93. The van der Waals surface area contributed by atoms with Crippen LogP contribution in [-0.4, -0.2) is 20.8 Å². The molecule has 0 aliphatic rings. The lowest BCUT2D eigenvalue weighted by Crippen LogP contribution is -2.15. The van der Waals surface area contributed by atoms with Crippen molar-refractivity contribution in [3.05, 3.63) is 57.3 Å². The van der Waals surface area contributed by atoms with Crippen molar-refractivity contribution < 1.29 is 9.84 Å². The second kappa shape index (κ2) is 7.19. The largest absolute Gasteiger partial charge is 0.484 e. The molecule has 0 saturated carbocycles. The Bertz CT molecular complexity index is 878. The Morgan fingerprint density at radius 3 is 2.54 bits per heavy atom. The molecule has 3 rings (SSSR count). The summed E-state index contributed by atoms with van der Waals surface area (Å²) in [5.74, 6) is 1.20. The summed E-state index contributed by atoms with van der Waals surface area (Å²) < 4.78 is 7.67. The molecule has 0 saturated heterocycles. The summed E-state index contributed by atoms with van der Waals surface area (Å²) in [4.78, 5) is 4.57. The van der Waals surface area contributed by atoms with Gasteiger partial charge in [-0.15, -0.1) is 0 Å². The standard InChI is InChI=1S/C17H15Cl3N2O2/c1-10(23)8-22-15-7-12(19)2-4-14(15)21-17(22)9-24-16-5-3-11(18)6-13(16)20/h2-7,10,23H,8-9H2,1H3. The molecule has 1 atom stereocenters. The Labute approximate surface area is 154 Å². The summed E-state index contributed by atoms with van der Waals surface area (Å²) in [6.07, 6.45) is -0.528. The van der Waals surface area contributed by atoms with Crippen molar-refractivity contribution in [3.63, 3.8) is 0 Å². The molecule has 3 aromatic rings. The molecule has 1 N–H and O–H groups in total. The lowest BCUT2D eigenvalue weighted by atomic mass is 10.3. The molecular formula is C17H15Cl3N2O2. The summed E-state index contributed by atoms with van der Waals surface area (Å²) in [6, 6.07) is 10.5. The molecule has 1 heterocycles. The highest BCUT2D eigenvalue weighted by Crippen LogP contribution is 2.29. The molecule has 24 heavy (non-hydrogen) atoms. The zero-order valence-corrected chi connectivity index (χ0v) is 15.1. The van der Waals surface area contributed by atoms with E-state index in [1.165, 1.54) is 0 Å². The molecule has 0 fully saturated rings. The molecule has 1 aromatic heterocycles. The van der Waals surface area contributed by atoms with Crippen molar-refractivity contribution in [3.8, 4) is 5.75 Å². The third-order valence-electron chi connectivity index (χ3n) is 3.49. The van der Waals surface area contributed by atoms with Gasteiger partial charge in [-0.3, -0.25) is 0 Å². The molecule has 0 amide bonds. The van der Waals surface area contributed by atoms with Crippen molar-refractivity contribution in [2.45, 2.75) is 26.2 Å². The second-order valence-corrected chi connectivity index (χ2v) is 6.76. The number of hydrogen-bond donors (Lipinski definition) is 1. The average Bonchev–Trinajstić information content (AvgIpc) is 2.83. The summed E-state index contributed by atoms with van der Waals surface area (Å²) >= 11 is 18.1. The maximum Gasteiger partial charge on any atom is 0.148 e. The van der Waals surface area contributed by atoms with Gasteiger partial charge >= 0.3 is 0 Å². The minimum Gasteiger partial charge on any atom is -0.484 e. The molecule has 0 aliphatic carbocycles. The van der Waals surface area contributed by atoms with Gasteiger partial charge in [-0.25, -0.2) is 4.98 Å². The van der Waals surface area contributed by atoms with Crippen molar-refractivity contribution in [1.82, 2.24) is 9.55 Å². The number of aliphatic hydroxyl groups is 1. The van der Waals surface area contributed by atoms with Crippen molar-refractivity contribution >= 4 is 45.8 Å². The van der Waals surface area contributed by atoms with Gasteiger partial charge in [0.1, 0.15) is 18.2 Å². The lowest BCUT2D eigenvalue weighted by molar-refractivity contribution is 0.171. The number of aliphatic hydroxyl groups excluding tert-OH is 1. The highest BCUT2D eigenvalue weighted by molar-refractivity contribution is 6.35. The van der Waals surface area contributed by atoms with Crippen LogP contribution in [0.1, 0.15) is 12.7 Å². The van der Waals surface area contributed by atoms with E-state index in [2.05, 4.69) is 4.98 Å². The first-order valence-electron chi connectivity index (χ1n) is 7.34. The minimum atomic E-state index is -0.528. The van der Waals surface area contributed by atoms with Gasteiger partial charge in [0.05, 0.1) is 28.7 Å². The van der Waals surface area contributed by atoms with Gasteiger partial charge in [0.15, 0.2) is 0 Å². The SMILES string of the molecule is CC(O)Cn1c(COc2ccc(Cl)cc2Cl)nc2ccc(Cl)cc21. The van der Waals surface area contributed by atoms with E-state index in [-0.39, 0.29) is 6.61 Å². The van der Waals surface area contributed by atoms with Crippen LogP contribution >= 0.6 is 34.8 Å². The number of halogens is 3. The van der Waals surface area contributed by atoms with Gasteiger partial charge in [-0.2, -0.15) is 0 Å². The maximum atomic E-state index is 9.78. The predicted octanol–water partition coefficient (Wildman–Crippen LogP) is 4.96. The first-order chi connectivity index (χ1) is 11.4. The van der Waals surface area contributed by atoms with Gasteiger partial charge < -0.3 is 14.4 Å². The molecule has 0 spiro atoms. The quantitative estimate of drug-likeness (QED) is 0.675. The third-order valence-corrected chi connectivity index (χ3v) is 4.25. The molecule has 7 heteroatoms. The van der Waals surface area contributed by atoms with E-state index in [9.17, 15) is 5.11 Å². The molecule has 1 unspecified atom stereocenters. The highest BCUT2D eigenvalue weighted by Gasteiger charge is 2.14. The van der Waals surface area contributed by atoms with Crippen LogP contribution < -0.4 is 4.74 Å². The fourth-order valence-electron chi connectivity index (χ4n) is 2.46. The molecule has 0 bridgehead atoms. The average molecular weight is 386 g/mol. The smallest absolute Gasteiger partial charge is 0.148 e. The number of aromatic nitrogens is 2. The molecule has 0 radical (unpaired) electrons. The Morgan fingerprint density at radius 1 is 1.12 bits per heavy atom. The molecule has 126 valence electrons. The lowest BCUT2D eigenvalue weighted by Gasteiger charge is -2.13. The number of hydrogen-bond acceptors (Lipinski definition) is 3. The van der Waals surface area contributed by atoms with Crippen LogP contribution in [0.5, 0.6) is 5.75 Å². The molecule has 4 nitrogen and oxygen atoms in total. The number of ether oxygens (including phenoxy) is 1. The van der Waals surface area contributed by atoms with Crippen LogP contribution in [0.3, 0.4) is 0 Å². The number of rotatable bonds is 5. The Kier molecular flexibility index (Phi) is 5.21. The van der Waals surface area contributed by atoms with E-state index in [1.54, 1.807) is 31.2 Å². The van der Waals surface area contributed by atoms with E-state index in [4.69, 9.17) is 39.5 Å². The highest BCUT2D eigenvalue weighted by atomic mass is 35.5. The summed E-state index contributed by atoms with van der Waals surface area (Å²) in [7, 11) is 0. The molecule has 0 aliphatic heterocycles. The van der Waals surface area contributed by atoms with E-state index in [0.717, 1.165) is 11.0 Å². The second-order valence-electron chi connectivity index (χ2n) is 5.48. The number of fused-ring (bicyclic) bond motifs is 1. The van der Waals surface area contributed by atoms with E-state index >= 15 is 0 Å². The summed E-state index contributed by atoms with van der Waals surface area (Å²) in [5.41, 5.74) is 1.64. The topological polar surface area (TPSA) is 47.3 Å². The minimum absolute atomic E-state index is 0.209. The van der Waals surface area contributed by atoms with E-state index in [1.807, 2.05) is 16.7 Å². The van der Waals surface area contributed by atoms with Gasteiger partial charge in [-0.1, -0.05) is 34.8 Å². The van der Waals surface area contributed by atoms with Crippen LogP contribution in [-0.2, 0) is 13.2 Å². The fourth-order valence-corrected chi connectivity index (χ4v) is 3.09. The van der Waals surface area contributed by atoms with Gasteiger partial charge in [0, 0.05) is 10.0 Å². The van der Waals surface area contributed by atoms with Gasteiger partial charge in [0.2, 0.25) is 0 Å². The van der Waals surface area contributed by atoms with Crippen LogP contribution in [0.2, 0.25) is 15.1 Å². The number of benzene rings is 2. The van der Waals surface area contributed by atoms with Gasteiger partial charge in [-0.05, 0) is 43.3 Å². The first kappa shape index (κ1) is 17.4. The first-order valence-corrected chi connectivity index (χ1v) is 8.48. The maximum absolute atomic E-state index is 9.78. The van der Waals surface area contributed by atoms with Crippen molar-refractivity contribution in [2.24, 2.45) is 0 Å². The van der Waals surface area contributed by atoms with E-state index < -0.39 is 6.10 Å². The summed E-state index contributed by atoms with van der Waals surface area (Å²) in [5, 5.41) is 11.4. The van der Waals surface area contributed by atoms with Crippen LogP contribution in [0.4, 0.5) is 0 Å². The number of nitrogens with zero attached hydrogens (tertiary/aromatic N) is 2. The van der Waals surface area contributed by atoms with Crippen molar-refractivity contribution in [2.75, 3.05) is 0 Å². The zero-order valence-electron chi connectivity index (χ0n) is 12.8.